The van der Waals surface area contributed by atoms with Crippen LogP contribution < -0.4 is 10.6 Å². The molecule has 1 aromatic heterocycles. The molecule has 2 N–H and O–H groups in total. The van der Waals surface area contributed by atoms with Gasteiger partial charge in [-0.25, -0.2) is 0 Å². The Morgan fingerprint density at radius 3 is 2.82 bits per heavy atom. The van der Waals surface area contributed by atoms with E-state index in [0.29, 0.717) is 13.1 Å². The van der Waals surface area contributed by atoms with Crippen molar-refractivity contribution in [3.8, 4) is 0 Å². The zero-order valence-electron chi connectivity index (χ0n) is 11.1. The third-order valence-electron chi connectivity index (χ3n) is 2.72. The fourth-order valence-electron chi connectivity index (χ4n) is 1.63. The summed E-state index contributed by atoms with van der Waals surface area (Å²) in [5, 5.41) is 10.3. The normalized spacial score (nSPS) is 12.5. The molecule has 0 saturated carbocycles. The molecule has 1 rings (SSSR count). The SMILES string of the molecule is CCNCC(C)C(=O)NCc1cn(C)nc1C. The van der Waals surface area contributed by atoms with E-state index in [-0.39, 0.29) is 11.8 Å². The zero-order chi connectivity index (χ0) is 12.8. The Morgan fingerprint density at radius 2 is 2.29 bits per heavy atom. The molecule has 0 aliphatic heterocycles. The maximum Gasteiger partial charge on any atom is 0.224 e. The number of nitrogens with one attached hydrogen (secondary N) is 2. The number of nitrogens with zero attached hydrogens (tertiary/aromatic N) is 2. The third kappa shape index (κ3) is 4.19. The molecule has 1 amide bonds. The van der Waals surface area contributed by atoms with Gasteiger partial charge < -0.3 is 10.6 Å². The average molecular weight is 238 g/mol. The summed E-state index contributed by atoms with van der Waals surface area (Å²) in [6.45, 7) is 8.06. The molecule has 96 valence electrons. The number of amides is 1. The van der Waals surface area contributed by atoms with E-state index in [1.54, 1.807) is 4.68 Å². The number of aryl methyl sites for hydroxylation is 2. The minimum Gasteiger partial charge on any atom is -0.352 e. The largest absolute Gasteiger partial charge is 0.352 e. The van der Waals surface area contributed by atoms with Gasteiger partial charge in [-0.2, -0.15) is 5.10 Å². The first-order chi connectivity index (χ1) is 8.04. The van der Waals surface area contributed by atoms with Gasteiger partial charge >= 0.3 is 0 Å². The van der Waals surface area contributed by atoms with E-state index in [4.69, 9.17) is 0 Å². The molecule has 1 aromatic rings. The van der Waals surface area contributed by atoms with Crippen LogP contribution in [0.5, 0.6) is 0 Å². The van der Waals surface area contributed by atoms with Gasteiger partial charge in [-0.15, -0.1) is 0 Å². The van der Waals surface area contributed by atoms with Crippen LogP contribution in [0.25, 0.3) is 0 Å². The van der Waals surface area contributed by atoms with E-state index in [1.165, 1.54) is 0 Å². The van der Waals surface area contributed by atoms with Crippen LogP contribution in [-0.2, 0) is 18.4 Å². The highest BCUT2D eigenvalue weighted by molar-refractivity contribution is 5.78. The second kappa shape index (κ2) is 6.39. The second-order valence-corrected chi connectivity index (χ2v) is 4.34. The Morgan fingerprint density at radius 1 is 1.59 bits per heavy atom. The molecule has 0 bridgehead atoms. The molecule has 0 aromatic carbocycles. The summed E-state index contributed by atoms with van der Waals surface area (Å²) in [5.41, 5.74) is 2.03. The fraction of sp³-hybridized carbons (Fsp3) is 0.667. The number of carbonyl (C=O) groups is 1. The monoisotopic (exact) mass is 238 g/mol. The third-order valence-corrected chi connectivity index (χ3v) is 2.72. The van der Waals surface area contributed by atoms with Crippen LogP contribution in [0, 0.1) is 12.8 Å². The van der Waals surface area contributed by atoms with Gasteiger partial charge in [-0.1, -0.05) is 13.8 Å². The first-order valence-corrected chi connectivity index (χ1v) is 6.02. The lowest BCUT2D eigenvalue weighted by molar-refractivity contribution is -0.124. The van der Waals surface area contributed by atoms with Gasteiger partial charge in [0.1, 0.15) is 0 Å². The summed E-state index contributed by atoms with van der Waals surface area (Å²) in [5.74, 6) is 0.0705. The quantitative estimate of drug-likeness (QED) is 0.762. The van der Waals surface area contributed by atoms with Crippen molar-refractivity contribution in [2.75, 3.05) is 13.1 Å². The van der Waals surface area contributed by atoms with Gasteiger partial charge in [0.2, 0.25) is 5.91 Å². The van der Waals surface area contributed by atoms with E-state index in [2.05, 4.69) is 15.7 Å². The van der Waals surface area contributed by atoms with E-state index >= 15 is 0 Å². The van der Waals surface area contributed by atoms with E-state index < -0.39 is 0 Å². The standard InChI is InChI=1S/C12H22N4O/c1-5-13-6-9(2)12(17)14-7-11-8-16(4)15-10(11)3/h8-9,13H,5-7H2,1-4H3,(H,14,17). The predicted molar refractivity (Wildman–Crippen MR) is 67.5 cm³/mol. The number of hydrogen-bond acceptors (Lipinski definition) is 3. The molecule has 1 unspecified atom stereocenters. The summed E-state index contributed by atoms with van der Waals surface area (Å²) >= 11 is 0. The van der Waals surface area contributed by atoms with Crippen molar-refractivity contribution in [1.29, 1.82) is 0 Å². The van der Waals surface area contributed by atoms with Crippen LogP contribution in [0.1, 0.15) is 25.1 Å². The van der Waals surface area contributed by atoms with Crippen LogP contribution in [0.15, 0.2) is 6.20 Å². The molecule has 5 nitrogen and oxygen atoms in total. The lowest BCUT2D eigenvalue weighted by atomic mass is 10.1. The molecule has 0 spiro atoms. The molecule has 5 heteroatoms. The lowest BCUT2D eigenvalue weighted by Crippen LogP contribution is -2.34. The topological polar surface area (TPSA) is 59.0 Å². The summed E-state index contributed by atoms with van der Waals surface area (Å²) in [4.78, 5) is 11.8. The van der Waals surface area contributed by atoms with Crippen LogP contribution >= 0.6 is 0 Å². The highest BCUT2D eigenvalue weighted by Gasteiger charge is 2.12. The minimum absolute atomic E-state index is 0.00747. The summed E-state index contributed by atoms with van der Waals surface area (Å²) in [6, 6.07) is 0. The van der Waals surface area contributed by atoms with Crippen molar-refractivity contribution in [3.63, 3.8) is 0 Å². The highest BCUT2D eigenvalue weighted by atomic mass is 16.1. The zero-order valence-corrected chi connectivity index (χ0v) is 11.1. The first kappa shape index (κ1) is 13.7. The minimum atomic E-state index is -0.00747. The van der Waals surface area contributed by atoms with Crippen molar-refractivity contribution in [2.24, 2.45) is 13.0 Å². The van der Waals surface area contributed by atoms with Crippen molar-refractivity contribution in [2.45, 2.75) is 27.3 Å². The van der Waals surface area contributed by atoms with Crippen LogP contribution in [-0.4, -0.2) is 28.8 Å². The number of carbonyl (C=O) groups excluding carboxylic acids is 1. The number of rotatable bonds is 6. The Kier molecular flexibility index (Phi) is 5.15. The Balaban J connectivity index is 2.40. The molecule has 0 saturated heterocycles. The fourth-order valence-corrected chi connectivity index (χ4v) is 1.63. The first-order valence-electron chi connectivity index (χ1n) is 6.02. The predicted octanol–water partition coefficient (Wildman–Crippen LogP) is 0.590. The molecule has 1 heterocycles. The maximum absolute atomic E-state index is 11.8. The molecule has 1 atom stereocenters. The van der Waals surface area contributed by atoms with Gasteiger partial charge in [0, 0.05) is 37.8 Å². The Hall–Kier alpha value is -1.36. The maximum atomic E-state index is 11.8. The van der Waals surface area contributed by atoms with Gasteiger partial charge in [-0.3, -0.25) is 9.48 Å². The molecule has 0 fully saturated rings. The van der Waals surface area contributed by atoms with Gasteiger partial charge in [0.05, 0.1) is 5.69 Å². The van der Waals surface area contributed by atoms with Crippen molar-refractivity contribution < 1.29 is 4.79 Å². The molecule has 0 aliphatic rings. The van der Waals surface area contributed by atoms with Crippen molar-refractivity contribution in [1.82, 2.24) is 20.4 Å². The molecule has 0 aliphatic carbocycles. The Labute approximate surface area is 103 Å². The molecular formula is C12H22N4O. The average Bonchev–Trinajstić information content (AvgIpc) is 2.61. The molecule has 0 radical (unpaired) electrons. The number of hydrogen-bond donors (Lipinski definition) is 2. The second-order valence-electron chi connectivity index (χ2n) is 4.34. The smallest absolute Gasteiger partial charge is 0.224 e. The number of aromatic nitrogens is 2. The summed E-state index contributed by atoms with van der Waals surface area (Å²) in [7, 11) is 1.88. The van der Waals surface area contributed by atoms with Crippen molar-refractivity contribution >= 4 is 5.91 Å². The van der Waals surface area contributed by atoms with E-state index in [0.717, 1.165) is 17.8 Å². The van der Waals surface area contributed by atoms with Crippen LogP contribution in [0.4, 0.5) is 0 Å². The highest BCUT2D eigenvalue weighted by Crippen LogP contribution is 2.04. The van der Waals surface area contributed by atoms with Crippen LogP contribution in [0.2, 0.25) is 0 Å². The summed E-state index contributed by atoms with van der Waals surface area (Å²) in [6.07, 6.45) is 1.94. The summed E-state index contributed by atoms with van der Waals surface area (Å²) < 4.78 is 1.76. The Bertz CT molecular complexity index is 373. The molecule has 17 heavy (non-hydrogen) atoms. The van der Waals surface area contributed by atoms with Gasteiger partial charge in [-0.05, 0) is 13.5 Å². The van der Waals surface area contributed by atoms with Gasteiger partial charge in [0.25, 0.3) is 0 Å². The van der Waals surface area contributed by atoms with E-state index in [1.807, 2.05) is 34.0 Å². The van der Waals surface area contributed by atoms with Crippen LogP contribution in [0.3, 0.4) is 0 Å². The van der Waals surface area contributed by atoms with E-state index in [9.17, 15) is 4.79 Å². The molecular weight excluding hydrogens is 216 g/mol. The lowest BCUT2D eigenvalue weighted by Gasteiger charge is -2.11. The van der Waals surface area contributed by atoms with Gasteiger partial charge in [0.15, 0.2) is 0 Å². The van der Waals surface area contributed by atoms with Crippen molar-refractivity contribution in [3.05, 3.63) is 17.5 Å².